The van der Waals surface area contributed by atoms with E-state index in [1.807, 2.05) is 32.6 Å². The Balaban J connectivity index is 1.61. The zero-order chi connectivity index (χ0) is 14.8. The van der Waals surface area contributed by atoms with Crippen molar-refractivity contribution in [1.82, 2.24) is 24.2 Å². The number of carbonyl (C=O) groups is 1. The molecule has 0 bridgehead atoms. The SMILES string of the molecule is CCn1cc(C(=O)N(C)C[C@H]2CCn3ccnc3C2)cn1. The van der Waals surface area contributed by atoms with Gasteiger partial charge in [0, 0.05) is 51.7 Å². The van der Waals surface area contributed by atoms with Gasteiger partial charge < -0.3 is 9.47 Å². The van der Waals surface area contributed by atoms with E-state index < -0.39 is 0 Å². The molecular formula is C15H21N5O. The van der Waals surface area contributed by atoms with Gasteiger partial charge in [-0.15, -0.1) is 0 Å². The zero-order valence-electron chi connectivity index (χ0n) is 12.6. The second kappa shape index (κ2) is 5.71. The summed E-state index contributed by atoms with van der Waals surface area (Å²) in [6, 6.07) is 0. The summed E-state index contributed by atoms with van der Waals surface area (Å²) in [5.41, 5.74) is 0.664. The first-order valence-corrected chi connectivity index (χ1v) is 7.45. The molecule has 0 aromatic carbocycles. The standard InChI is InChI=1S/C15H21N5O/c1-3-20-11-13(9-17-20)15(21)18(2)10-12-4-6-19-7-5-16-14(19)8-12/h5,7,9,11-12H,3-4,6,8,10H2,1-2H3/t12-/m0/s1. The fraction of sp³-hybridized carbons (Fsp3) is 0.533. The summed E-state index contributed by atoms with van der Waals surface area (Å²) >= 11 is 0. The third kappa shape index (κ3) is 2.84. The number of fused-ring (bicyclic) bond motifs is 1. The predicted molar refractivity (Wildman–Crippen MR) is 78.9 cm³/mol. The zero-order valence-corrected chi connectivity index (χ0v) is 12.6. The molecule has 1 aliphatic rings. The number of amides is 1. The molecule has 1 aliphatic heterocycles. The van der Waals surface area contributed by atoms with Crippen LogP contribution in [0.4, 0.5) is 0 Å². The van der Waals surface area contributed by atoms with E-state index in [0.29, 0.717) is 11.5 Å². The molecule has 1 atom stereocenters. The highest BCUT2D eigenvalue weighted by atomic mass is 16.2. The third-order valence-electron chi connectivity index (χ3n) is 4.13. The molecule has 6 heteroatoms. The Hall–Kier alpha value is -2.11. The summed E-state index contributed by atoms with van der Waals surface area (Å²) in [7, 11) is 1.87. The van der Waals surface area contributed by atoms with Crippen molar-refractivity contribution in [3.05, 3.63) is 36.2 Å². The lowest BCUT2D eigenvalue weighted by molar-refractivity contribution is 0.0764. The number of imidazole rings is 1. The summed E-state index contributed by atoms with van der Waals surface area (Å²) in [5.74, 6) is 1.66. The summed E-state index contributed by atoms with van der Waals surface area (Å²) in [5, 5.41) is 4.16. The van der Waals surface area contributed by atoms with E-state index in [-0.39, 0.29) is 5.91 Å². The van der Waals surface area contributed by atoms with Gasteiger partial charge in [-0.3, -0.25) is 9.48 Å². The molecule has 0 saturated heterocycles. The van der Waals surface area contributed by atoms with Gasteiger partial charge in [0.15, 0.2) is 0 Å². The van der Waals surface area contributed by atoms with Gasteiger partial charge in [0.25, 0.3) is 5.91 Å². The van der Waals surface area contributed by atoms with Gasteiger partial charge in [-0.2, -0.15) is 5.10 Å². The molecule has 0 fully saturated rings. The lowest BCUT2D eigenvalue weighted by Crippen LogP contribution is -2.34. The number of aryl methyl sites for hydroxylation is 2. The van der Waals surface area contributed by atoms with Crippen LogP contribution in [0, 0.1) is 5.92 Å². The topological polar surface area (TPSA) is 56.0 Å². The van der Waals surface area contributed by atoms with Crippen molar-refractivity contribution in [2.45, 2.75) is 32.9 Å². The molecule has 0 saturated carbocycles. The average Bonchev–Trinajstić information content (AvgIpc) is 3.14. The molecule has 1 amide bonds. The maximum atomic E-state index is 12.4. The highest BCUT2D eigenvalue weighted by Gasteiger charge is 2.23. The minimum absolute atomic E-state index is 0.0450. The normalized spacial score (nSPS) is 17.5. The Morgan fingerprint density at radius 3 is 3.14 bits per heavy atom. The van der Waals surface area contributed by atoms with E-state index in [1.54, 1.807) is 15.8 Å². The second-order valence-corrected chi connectivity index (χ2v) is 5.67. The number of carbonyl (C=O) groups excluding carboxylic acids is 1. The average molecular weight is 287 g/mol. The summed E-state index contributed by atoms with van der Waals surface area (Å²) < 4.78 is 3.97. The molecular weight excluding hydrogens is 266 g/mol. The van der Waals surface area contributed by atoms with Crippen molar-refractivity contribution in [3.63, 3.8) is 0 Å². The van der Waals surface area contributed by atoms with Gasteiger partial charge >= 0.3 is 0 Å². The molecule has 0 aliphatic carbocycles. The van der Waals surface area contributed by atoms with E-state index in [2.05, 4.69) is 14.6 Å². The first-order chi connectivity index (χ1) is 10.2. The minimum atomic E-state index is 0.0450. The molecule has 3 rings (SSSR count). The molecule has 112 valence electrons. The molecule has 0 spiro atoms. The molecule has 0 unspecified atom stereocenters. The van der Waals surface area contributed by atoms with Crippen molar-refractivity contribution in [2.75, 3.05) is 13.6 Å². The summed E-state index contributed by atoms with van der Waals surface area (Å²) in [4.78, 5) is 18.6. The van der Waals surface area contributed by atoms with E-state index in [4.69, 9.17) is 0 Å². The van der Waals surface area contributed by atoms with Gasteiger partial charge in [-0.1, -0.05) is 0 Å². The first kappa shape index (κ1) is 13.9. The van der Waals surface area contributed by atoms with Crippen molar-refractivity contribution >= 4 is 5.91 Å². The minimum Gasteiger partial charge on any atom is -0.341 e. The van der Waals surface area contributed by atoms with Crippen LogP contribution in [0.5, 0.6) is 0 Å². The third-order valence-corrected chi connectivity index (χ3v) is 4.13. The molecule has 2 aromatic rings. The highest BCUT2D eigenvalue weighted by molar-refractivity contribution is 5.93. The smallest absolute Gasteiger partial charge is 0.256 e. The van der Waals surface area contributed by atoms with Crippen LogP contribution in [0.3, 0.4) is 0 Å². The van der Waals surface area contributed by atoms with Crippen LogP contribution in [0.15, 0.2) is 24.8 Å². The van der Waals surface area contributed by atoms with Gasteiger partial charge in [0.05, 0.1) is 11.8 Å². The Morgan fingerprint density at radius 1 is 1.52 bits per heavy atom. The van der Waals surface area contributed by atoms with Crippen molar-refractivity contribution in [3.8, 4) is 0 Å². The van der Waals surface area contributed by atoms with Crippen LogP contribution in [-0.4, -0.2) is 43.7 Å². The lowest BCUT2D eigenvalue weighted by atomic mass is 9.97. The van der Waals surface area contributed by atoms with Crippen LogP contribution in [0.2, 0.25) is 0 Å². The van der Waals surface area contributed by atoms with Gasteiger partial charge in [-0.25, -0.2) is 4.98 Å². The van der Waals surface area contributed by atoms with E-state index in [9.17, 15) is 4.79 Å². The highest BCUT2D eigenvalue weighted by Crippen LogP contribution is 2.20. The lowest BCUT2D eigenvalue weighted by Gasteiger charge is -2.27. The maximum absolute atomic E-state index is 12.4. The molecule has 6 nitrogen and oxygen atoms in total. The van der Waals surface area contributed by atoms with E-state index in [0.717, 1.165) is 38.3 Å². The molecule has 3 heterocycles. The Labute approximate surface area is 124 Å². The van der Waals surface area contributed by atoms with Crippen LogP contribution in [0.1, 0.15) is 29.5 Å². The van der Waals surface area contributed by atoms with Gasteiger partial charge in [0.1, 0.15) is 5.82 Å². The number of hydrogen-bond donors (Lipinski definition) is 0. The van der Waals surface area contributed by atoms with Gasteiger partial charge in [-0.05, 0) is 19.3 Å². The fourth-order valence-corrected chi connectivity index (χ4v) is 2.91. The van der Waals surface area contributed by atoms with E-state index in [1.165, 1.54) is 0 Å². The Morgan fingerprint density at radius 2 is 2.38 bits per heavy atom. The first-order valence-electron chi connectivity index (χ1n) is 7.45. The predicted octanol–water partition coefficient (Wildman–Crippen LogP) is 1.43. The van der Waals surface area contributed by atoms with Crippen LogP contribution >= 0.6 is 0 Å². The Bertz CT molecular complexity index is 630. The summed E-state index contributed by atoms with van der Waals surface area (Å²) in [6.45, 7) is 4.55. The van der Waals surface area contributed by atoms with E-state index >= 15 is 0 Å². The number of hydrogen-bond acceptors (Lipinski definition) is 3. The number of aromatic nitrogens is 4. The maximum Gasteiger partial charge on any atom is 0.256 e. The molecule has 0 radical (unpaired) electrons. The van der Waals surface area contributed by atoms with Crippen LogP contribution in [0.25, 0.3) is 0 Å². The van der Waals surface area contributed by atoms with Crippen LogP contribution < -0.4 is 0 Å². The molecule has 2 aromatic heterocycles. The fourth-order valence-electron chi connectivity index (χ4n) is 2.91. The molecule has 21 heavy (non-hydrogen) atoms. The number of nitrogens with zero attached hydrogens (tertiary/aromatic N) is 5. The molecule has 0 N–H and O–H groups in total. The van der Waals surface area contributed by atoms with Gasteiger partial charge in [0.2, 0.25) is 0 Å². The summed E-state index contributed by atoms with van der Waals surface area (Å²) in [6.07, 6.45) is 9.38. The van der Waals surface area contributed by atoms with Crippen LogP contribution in [-0.2, 0) is 19.5 Å². The monoisotopic (exact) mass is 287 g/mol. The second-order valence-electron chi connectivity index (χ2n) is 5.67. The van der Waals surface area contributed by atoms with Crippen molar-refractivity contribution in [2.24, 2.45) is 5.92 Å². The quantitative estimate of drug-likeness (QED) is 0.855. The Kier molecular flexibility index (Phi) is 3.77. The largest absolute Gasteiger partial charge is 0.341 e. The van der Waals surface area contributed by atoms with Crippen molar-refractivity contribution in [1.29, 1.82) is 0 Å². The number of rotatable bonds is 4. The van der Waals surface area contributed by atoms with Crippen molar-refractivity contribution < 1.29 is 4.79 Å².